The predicted molar refractivity (Wildman–Crippen MR) is 149 cm³/mol. The summed E-state index contributed by atoms with van der Waals surface area (Å²) in [6.45, 7) is 2.08. The number of aryl methyl sites for hydroxylation is 1. The Balaban J connectivity index is 1.71. The molecule has 10 nitrogen and oxygen atoms in total. The molecule has 3 N–H and O–H groups in total. The summed E-state index contributed by atoms with van der Waals surface area (Å²) in [6, 6.07) is 7.28. The number of amides is 2. The zero-order chi connectivity index (χ0) is 28.9. The summed E-state index contributed by atoms with van der Waals surface area (Å²) in [5.41, 5.74) is 2.30. The van der Waals surface area contributed by atoms with Crippen molar-refractivity contribution in [3.8, 4) is 0 Å². The van der Waals surface area contributed by atoms with E-state index < -0.39 is 27.9 Å². The van der Waals surface area contributed by atoms with Gasteiger partial charge in [-0.05, 0) is 61.6 Å². The van der Waals surface area contributed by atoms with Crippen molar-refractivity contribution >= 4 is 62.0 Å². The van der Waals surface area contributed by atoms with E-state index in [0.717, 1.165) is 11.6 Å². The lowest BCUT2D eigenvalue weighted by Crippen LogP contribution is -2.41. The minimum Gasteiger partial charge on any atom is -0.480 e. The van der Waals surface area contributed by atoms with Gasteiger partial charge < -0.3 is 19.7 Å². The Labute approximate surface area is 236 Å². The molecule has 0 aliphatic heterocycles. The topological polar surface area (TPSA) is 146 Å². The summed E-state index contributed by atoms with van der Waals surface area (Å²) in [4.78, 5) is 39.2. The smallest absolute Gasteiger partial charge is 0.326 e. The zero-order valence-corrected chi connectivity index (χ0v) is 23.9. The highest BCUT2D eigenvalue weighted by atomic mass is 35.5. The molecule has 1 atom stereocenters. The number of nitrogens with one attached hydrogen (secondary N) is 2. The molecule has 0 spiro atoms. The number of sulfonamides is 1. The van der Waals surface area contributed by atoms with Crippen LogP contribution in [0.4, 0.5) is 0 Å². The molecule has 2 amide bonds. The molecule has 13 heteroatoms. The maximum absolute atomic E-state index is 13.0. The molecule has 3 rings (SSSR count). The SMILES string of the molecule is Cc1cc(Cl)c(C(=O)N[C@@H](CCCNS(C)(=O)=O)C(=O)O)c(Cl)c1CCN(C)C(=O)c1ccc2ccoc2c1. The fraction of sp³-hybridized carbons (Fsp3) is 0.346. The second-order valence-electron chi connectivity index (χ2n) is 9.17. The number of hydrogen-bond acceptors (Lipinski definition) is 6. The van der Waals surface area contributed by atoms with Crippen molar-refractivity contribution in [1.29, 1.82) is 0 Å². The summed E-state index contributed by atoms with van der Waals surface area (Å²) in [7, 11) is -1.77. The number of carbonyl (C=O) groups is 3. The average molecular weight is 599 g/mol. The van der Waals surface area contributed by atoms with Crippen LogP contribution in [-0.4, -0.2) is 68.6 Å². The van der Waals surface area contributed by atoms with Crippen molar-refractivity contribution in [2.75, 3.05) is 26.4 Å². The number of carboxylic acids is 1. The van der Waals surface area contributed by atoms with Crippen LogP contribution in [0, 0.1) is 6.92 Å². The number of carbonyl (C=O) groups excluding carboxylic acids is 2. The first kappa shape index (κ1) is 30.4. The van der Waals surface area contributed by atoms with Gasteiger partial charge in [0.15, 0.2) is 0 Å². The molecule has 1 aromatic heterocycles. The van der Waals surface area contributed by atoms with E-state index in [0.29, 0.717) is 28.7 Å². The van der Waals surface area contributed by atoms with Crippen molar-refractivity contribution in [1.82, 2.24) is 14.9 Å². The third-order valence-electron chi connectivity index (χ3n) is 6.15. The van der Waals surface area contributed by atoms with E-state index in [2.05, 4.69) is 10.0 Å². The first-order valence-electron chi connectivity index (χ1n) is 12.0. The lowest BCUT2D eigenvalue weighted by atomic mass is 10.0. The molecule has 3 aromatic rings. The highest BCUT2D eigenvalue weighted by Crippen LogP contribution is 2.32. The molecule has 0 saturated carbocycles. The second kappa shape index (κ2) is 12.8. The molecule has 0 radical (unpaired) electrons. The molecule has 0 unspecified atom stereocenters. The van der Waals surface area contributed by atoms with E-state index in [4.69, 9.17) is 27.6 Å². The third kappa shape index (κ3) is 7.95. The van der Waals surface area contributed by atoms with Crippen molar-refractivity contribution in [2.45, 2.75) is 32.2 Å². The van der Waals surface area contributed by atoms with Crippen molar-refractivity contribution in [3.63, 3.8) is 0 Å². The molecule has 0 fully saturated rings. The van der Waals surface area contributed by atoms with Gasteiger partial charge in [-0.25, -0.2) is 17.9 Å². The van der Waals surface area contributed by atoms with Crippen LogP contribution < -0.4 is 10.0 Å². The maximum Gasteiger partial charge on any atom is 0.326 e. The highest BCUT2D eigenvalue weighted by molar-refractivity contribution is 7.88. The Bertz CT molecular complexity index is 1500. The summed E-state index contributed by atoms with van der Waals surface area (Å²) in [5.74, 6) is -2.27. The second-order valence-corrected chi connectivity index (χ2v) is 11.8. The summed E-state index contributed by atoms with van der Waals surface area (Å²) in [6.07, 6.45) is 3.02. The number of rotatable bonds is 12. The van der Waals surface area contributed by atoms with Gasteiger partial charge in [0.25, 0.3) is 11.8 Å². The molecule has 2 aromatic carbocycles. The van der Waals surface area contributed by atoms with Gasteiger partial charge in [-0.1, -0.05) is 29.3 Å². The predicted octanol–water partition coefficient (Wildman–Crippen LogP) is 3.88. The van der Waals surface area contributed by atoms with Crippen LogP contribution in [0.2, 0.25) is 10.0 Å². The molecule has 0 saturated heterocycles. The number of nitrogens with zero attached hydrogens (tertiary/aromatic N) is 1. The summed E-state index contributed by atoms with van der Waals surface area (Å²) >= 11 is 12.9. The molecular formula is C26H29Cl2N3O7S. The number of fused-ring (bicyclic) bond motifs is 1. The molecule has 0 bridgehead atoms. The molecule has 0 aliphatic carbocycles. The van der Waals surface area contributed by atoms with Gasteiger partial charge in [-0.3, -0.25) is 9.59 Å². The van der Waals surface area contributed by atoms with E-state index >= 15 is 0 Å². The van der Waals surface area contributed by atoms with Crippen molar-refractivity contribution < 1.29 is 32.3 Å². The van der Waals surface area contributed by atoms with E-state index in [9.17, 15) is 27.9 Å². The minimum atomic E-state index is -3.42. The van der Waals surface area contributed by atoms with Crippen LogP contribution in [0.5, 0.6) is 0 Å². The fourth-order valence-electron chi connectivity index (χ4n) is 4.03. The Morgan fingerprint density at radius 3 is 2.54 bits per heavy atom. The maximum atomic E-state index is 13.0. The molecule has 39 heavy (non-hydrogen) atoms. The first-order chi connectivity index (χ1) is 18.3. The Morgan fingerprint density at radius 2 is 1.87 bits per heavy atom. The standard InChI is InChI=1S/C26H29Cl2N3O7S/c1-15-13-19(27)22(24(32)30-20(26(34)35)5-4-10-29-39(3,36)37)23(28)18(15)8-11-31(2)25(33)17-7-6-16-9-12-38-21(16)14-17/h6-7,9,12-14,20,29H,4-5,8,10-11H2,1-3H3,(H,30,32)(H,34,35)/t20-/m0/s1. The lowest BCUT2D eigenvalue weighted by molar-refractivity contribution is -0.139. The van der Waals surface area contributed by atoms with Gasteiger partial charge >= 0.3 is 5.97 Å². The van der Waals surface area contributed by atoms with Gasteiger partial charge in [0.1, 0.15) is 11.6 Å². The average Bonchev–Trinajstić information content (AvgIpc) is 3.32. The number of furan rings is 1. The largest absolute Gasteiger partial charge is 0.480 e. The Kier molecular flexibility index (Phi) is 10.0. The van der Waals surface area contributed by atoms with Crippen LogP contribution in [0.15, 0.2) is 41.0 Å². The number of likely N-dealkylation sites (N-methyl/N-ethyl adjacent to an activating group) is 1. The Morgan fingerprint density at radius 1 is 1.15 bits per heavy atom. The molecular weight excluding hydrogens is 569 g/mol. The number of carboxylic acid groups (broad SMARTS) is 1. The number of hydrogen-bond donors (Lipinski definition) is 3. The molecule has 210 valence electrons. The van der Waals surface area contributed by atoms with Crippen LogP contribution in [0.1, 0.15) is 44.7 Å². The Hall–Kier alpha value is -3.12. The molecule has 1 heterocycles. The zero-order valence-electron chi connectivity index (χ0n) is 21.6. The van der Waals surface area contributed by atoms with Gasteiger partial charge in [-0.15, -0.1) is 0 Å². The number of aliphatic carboxylic acids is 1. The van der Waals surface area contributed by atoms with Gasteiger partial charge in [0.05, 0.1) is 28.1 Å². The quantitative estimate of drug-likeness (QED) is 0.268. The lowest BCUT2D eigenvalue weighted by Gasteiger charge is -2.21. The minimum absolute atomic E-state index is 0.0196. The van der Waals surface area contributed by atoms with Crippen LogP contribution in [0.25, 0.3) is 11.0 Å². The fourth-order valence-corrected chi connectivity index (χ4v) is 5.37. The number of benzene rings is 2. The van der Waals surface area contributed by atoms with Crippen LogP contribution >= 0.6 is 23.2 Å². The van der Waals surface area contributed by atoms with E-state index in [1.807, 2.05) is 0 Å². The van der Waals surface area contributed by atoms with Crippen molar-refractivity contribution in [2.24, 2.45) is 0 Å². The van der Waals surface area contributed by atoms with Gasteiger partial charge in [-0.2, -0.15) is 0 Å². The normalized spacial score (nSPS) is 12.3. The van der Waals surface area contributed by atoms with Crippen LogP contribution in [0.3, 0.4) is 0 Å². The summed E-state index contributed by atoms with van der Waals surface area (Å²) in [5, 5.41) is 13.0. The third-order valence-corrected chi connectivity index (χ3v) is 7.60. The monoisotopic (exact) mass is 597 g/mol. The summed E-state index contributed by atoms with van der Waals surface area (Å²) < 4.78 is 30.0. The number of halogens is 2. The highest BCUT2D eigenvalue weighted by Gasteiger charge is 2.26. The molecule has 0 aliphatic rings. The van der Waals surface area contributed by atoms with Crippen LogP contribution in [-0.2, 0) is 21.2 Å². The van der Waals surface area contributed by atoms with Crippen molar-refractivity contribution in [3.05, 3.63) is 68.9 Å². The van der Waals surface area contributed by atoms with E-state index in [1.165, 1.54) is 4.90 Å². The van der Waals surface area contributed by atoms with Gasteiger partial charge in [0, 0.05) is 31.1 Å². The van der Waals surface area contributed by atoms with E-state index in [1.54, 1.807) is 50.6 Å². The van der Waals surface area contributed by atoms with Gasteiger partial charge in [0.2, 0.25) is 10.0 Å². The van der Waals surface area contributed by atoms with E-state index in [-0.39, 0.29) is 47.4 Å². The first-order valence-corrected chi connectivity index (χ1v) is 14.6.